The fourth-order valence-electron chi connectivity index (χ4n) is 1.07. The molecule has 0 unspecified atom stereocenters. The number of nitrogens with zero attached hydrogens (tertiary/aromatic N) is 3. The summed E-state index contributed by atoms with van der Waals surface area (Å²) in [6.45, 7) is -1.30. The first kappa shape index (κ1) is 13.9. The van der Waals surface area contributed by atoms with Crippen molar-refractivity contribution in [3.63, 3.8) is 0 Å². The van der Waals surface area contributed by atoms with Gasteiger partial charge in [0.25, 0.3) is 0 Å². The Balaban J connectivity index is 2.76. The predicted octanol–water partition coefficient (Wildman–Crippen LogP) is 1.03. The Labute approximate surface area is 96.7 Å². The van der Waals surface area contributed by atoms with Crippen LogP contribution in [0.15, 0.2) is 6.20 Å². The summed E-state index contributed by atoms with van der Waals surface area (Å²) >= 11 is 0. The predicted molar refractivity (Wildman–Crippen MR) is 47.8 cm³/mol. The molecule has 1 N–H and O–H groups in total. The van der Waals surface area contributed by atoms with E-state index in [1.807, 2.05) is 0 Å². The lowest BCUT2D eigenvalue weighted by molar-refractivity contribution is -0.385. The smallest absolute Gasteiger partial charge is 0.476 e. The first-order chi connectivity index (χ1) is 8.20. The zero-order valence-electron chi connectivity index (χ0n) is 8.55. The van der Waals surface area contributed by atoms with Crippen LogP contribution in [0.25, 0.3) is 0 Å². The van der Waals surface area contributed by atoms with Gasteiger partial charge >= 0.3 is 18.0 Å². The van der Waals surface area contributed by atoms with E-state index < -0.39 is 41.8 Å². The molecule has 0 aromatic carbocycles. The van der Waals surface area contributed by atoms with Crippen LogP contribution in [-0.2, 0) is 11.3 Å². The van der Waals surface area contributed by atoms with Crippen molar-refractivity contribution in [3.05, 3.63) is 22.0 Å². The quantitative estimate of drug-likeness (QED) is 0.631. The second-order valence-corrected chi connectivity index (χ2v) is 2.98. The van der Waals surface area contributed by atoms with Crippen LogP contribution in [0.4, 0.5) is 18.9 Å². The van der Waals surface area contributed by atoms with E-state index in [0.717, 1.165) is 6.20 Å². The lowest BCUT2D eigenvalue weighted by Crippen LogP contribution is -2.17. The molecular weight excluding hydrogens is 263 g/mol. The van der Waals surface area contributed by atoms with Gasteiger partial charge < -0.3 is 5.11 Å². The molecule has 0 fully saturated rings. The van der Waals surface area contributed by atoms with Crippen LogP contribution < -0.4 is 0 Å². The van der Waals surface area contributed by atoms with Crippen molar-refractivity contribution in [2.45, 2.75) is 12.9 Å². The first-order valence-corrected chi connectivity index (χ1v) is 4.36. The molecule has 0 aliphatic heterocycles. The van der Waals surface area contributed by atoms with E-state index in [1.54, 1.807) is 0 Å². The highest BCUT2D eigenvalue weighted by Crippen LogP contribution is 2.18. The topological polar surface area (TPSA) is 107 Å². The standard InChI is InChI=1S/C7H6F3N3O5/c8-7(9,10)18-2-1-12-3-4(13(16)17)5(11-12)6(14)15/h3H,1-2H2,(H,14,15). The molecule has 0 atom stereocenters. The highest BCUT2D eigenvalue weighted by Gasteiger charge is 2.29. The largest absolute Gasteiger partial charge is 0.522 e. The van der Waals surface area contributed by atoms with Gasteiger partial charge in [0.2, 0.25) is 5.69 Å². The maximum Gasteiger partial charge on any atom is 0.522 e. The third-order valence-corrected chi connectivity index (χ3v) is 1.73. The lowest BCUT2D eigenvalue weighted by Gasteiger charge is -2.06. The number of carboxylic acid groups (broad SMARTS) is 1. The number of halogens is 3. The Morgan fingerprint density at radius 1 is 1.61 bits per heavy atom. The average molecular weight is 269 g/mol. The van der Waals surface area contributed by atoms with E-state index >= 15 is 0 Å². The van der Waals surface area contributed by atoms with Crippen molar-refractivity contribution < 1.29 is 32.7 Å². The minimum atomic E-state index is -4.82. The second-order valence-electron chi connectivity index (χ2n) is 2.98. The van der Waals surface area contributed by atoms with E-state index in [9.17, 15) is 28.1 Å². The van der Waals surface area contributed by atoms with Crippen LogP contribution in [0.1, 0.15) is 10.5 Å². The summed E-state index contributed by atoms with van der Waals surface area (Å²) in [6.07, 6.45) is -4.10. The molecule has 0 aliphatic carbocycles. The van der Waals surface area contributed by atoms with Gasteiger partial charge in [-0.2, -0.15) is 5.10 Å². The molecule has 0 bridgehead atoms. The molecule has 11 heteroatoms. The van der Waals surface area contributed by atoms with Crippen LogP contribution in [0.3, 0.4) is 0 Å². The molecular formula is C7H6F3N3O5. The van der Waals surface area contributed by atoms with Crippen molar-refractivity contribution >= 4 is 11.7 Å². The maximum atomic E-state index is 11.6. The number of rotatable bonds is 5. The van der Waals surface area contributed by atoms with Crippen LogP contribution in [0.5, 0.6) is 0 Å². The molecule has 1 aromatic rings. The maximum absolute atomic E-state index is 11.6. The number of alkyl halides is 3. The summed E-state index contributed by atoms with van der Waals surface area (Å²) in [7, 11) is 0. The monoisotopic (exact) mass is 269 g/mol. The molecule has 0 radical (unpaired) electrons. The van der Waals surface area contributed by atoms with E-state index in [4.69, 9.17) is 5.11 Å². The molecule has 8 nitrogen and oxygen atoms in total. The Bertz CT molecular complexity index is 438. The summed E-state index contributed by atoms with van der Waals surface area (Å²) in [5.41, 5.74) is -1.64. The van der Waals surface area contributed by atoms with Gasteiger partial charge in [0.1, 0.15) is 6.20 Å². The van der Waals surface area contributed by atoms with Crippen molar-refractivity contribution in [2.75, 3.05) is 6.61 Å². The summed E-state index contributed by atoms with van der Waals surface area (Å²) in [4.78, 5) is 20.0. The van der Waals surface area contributed by atoms with Gasteiger partial charge in [0.15, 0.2) is 0 Å². The van der Waals surface area contributed by atoms with Crippen LogP contribution in [0.2, 0.25) is 0 Å². The number of carbonyl (C=O) groups is 1. The van der Waals surface area contributed by atoms with Gasteiger partial charge in [-0.15, -0.1) is 13.2 Å². The number of hydrogen-bond acceptors (Lipinski definition) is 5. The molecule has 100 valence electrons. The van der Waals surface area contributed by atoms with E-state index in [-0.39, 0.29) is 0 Å². The van der Waals surface area contributed by atoms with Crippen molar-refractivity contribution in [1.29, 1.82) is 0 Å². The summed E-state index contributed by atoms with van der Waals surface area (Å²) in [6, 6.07) is 0. The van der Waals surface area contributed by atoms with E-state index in [2.05, 4.69) is 9.84 Å². The summed E-state index contributed by atoms with van der Waals surface area (Å²) in [5.74, 6) is -1.64. The molecule has 0 aliphatic rings. The Kier molecular flexibility index (Phi) is 3.86. The minimum absolute atomic E-state index is 0.465. The molecule has 1 rings (SSSR count). The zero-order valence-corrected chi connectivity index (χ0v) is 8.55. The Morgan fingerprint density at radius 2 is 2.22 bits per heavy atom. The van der Waals surface area contributed by atoms with Gasteiger partial charge in [-0.05, 0) is 0 Å². The fraction of sp³-hybridized carbons (Fsp3) is 0.429. The van der Waals surface area contributed by atoms with Gasteiger partial charge in [0.05, 0.1) is 18.1 Å². The van der Waals surface area contributed by atoms with Crippen molar-refractivity contribution in [2.24, 2.45) is 0 Å². The Hall–Kier alpha value is -2.17. The van der Waals surface area contributed by atoms with Crippen LogP contribution in [0, 0.1) is 10.1 Å². The molecule has 0 spiro atoms. The highest BCUT2D eigenvalue weighted by molar-refractivity contribution is 5.89. The van der Waals surface area contributed by atoms with E-state index in [0.29, 0.717) is 4.68 Å². The van der Waals surface area contributed by atoms with E-state index in [1.165, 1.54) is 0 Å². The highest BCUT2D eigenvalue weighted by atomic mass is 19.4. The Morgan fingerprint density at radius 3 is 2.61 bits per heavy atom. The molecule has 0 saturated carbocycles. The van der Waals surface area contributed by atoms with Crippen LogP contribution in [-0.4, -0.2) is 38.7 Å². The third-order valence-electron chi connectivity index (χ3n) is 1.73. The summed E-state index contributed by atoms with van der Waals surface area (Å²) in [5, 5.41) is 22.3. The van der Waals surface area contributed by atoms with Gasteiger partial charge in [-0.3, -0.25) is 19.5 Å². The zero-order chi connectivity index (χ0) is 13.9. The number of nitro groups is 1. The second kappa shape index (κ2) is 5.00. The molecule has 18 heavy (non-hydrogen) atoms. The number of carboxylic acids is 1. The third kappa shape index (κ3) is 3.69. The minimum Gasteiger partial charge on any atom is -0.476 e. The molecule has 1 heterocycles. The first-order valence-electron chi connectivity index (χ1n) is 4.36. The van der Waals surface area contributed by atoms with Gasteiger partial charge in [-0.1, -0.05) is 0 Å². The fourth-order valence-corrected chi connectivity index (χ4v) is 1.07. The van der Waals surface area contributed by atoms with Gasteiger partial charge in [0, 0.05) is 0 Å². The van der Waals surface area contributed by atoms with Crippen molar-refractivity contribution in [3.8, 4) is 0 Å². The lowest BCUT2D eigenvalue weighted by atomic mass is 10.4. The SMILES string of the molecule is O=C(O)c1nn(CCOC(F)(F)F)cc1[N+](=O)[O-]. The van der Waals surface area contributed by atoms with Crippen LogP contribution >= 0.6 is 0 Å². The molecule has 0 amide bonds. The average Bonchev–Trinajstić information content (AvgIpc) is 2.60. The van der Waals surface area contributed by atoms with Crippen molar-refractivity contribution in [1.82, 2.24) is 9.78 Å². The number of aromatic nitrogens is 2. The summed E-state index contributed by atoms with van der Waals surface area (Å²) < 4.78 is 39.1. The molecule has 1 aromatic heterocycles. The number of ether oxygens (including phenoxy) is 1. The number of aromatic carboxylic acids is 1. The molecule has 0 saturated heterocycles. The van der Waals surface area contributed by atoms with Gasteiger partial charge in [-0.25, -0.2) is 4.79 Å². The normalized spacial score (nSPS) is 11.5. The number of hydrogen-bond donors (Lipinski definition) is 1.